The molecule has 88 valence electrons. The van der Waals surface area contributed by atoms with Crippen molar-refractivity contribution in [2.45, 2.75) is 0 Å². The van der Waals surface area contributed by atoms with Crippen LogP contribution in [0.5, 0.6) is 0 Å². The van der Waals surface area contributed by atoms with Gasteiger partial charge in [-0.1, -0.05) is 35.9 Å². The molecule has 2 aromatic carbocycles. The molecule has 18 heavy (non-hydrogen) atoms. The molecule has 0 aliphatic rings. The van der Waals surface area contributed by atoms with Crippen molar-refractivity contribution in [3.8, 4) is 0 Å². The molecule has 0 radical (unpaired) electrons. The fraction of sp³-hybridized carbons (Fsp3) is 0. The zero-order valence-electron chi connectivity index (χ0n) is 9.13. The number of nitro groups is 1. The maximum Gasteiger partial charge on any atom is 0.295 e. The van der Waals surface area contributed by atoms with Crippen molar-refractivity contribution in [3.63, 3.8) is 0 Å². The topological polar surface area (TPSA) is 56.0 Å². The average molecular weight is 259 g/mol. The molecule has 0 unspecified atom stereocenters. The van der Waals surface area contributed by atoms with E-state index < -0.39 is 4.92 Å². The molecule has 0 atom stereocenters. The summed E-state index contributed by atoms with van der Waals surface area (Å²) in [4.78, 5) is 14.9. The summed E-state index contributed by atoms with van der Waals surface area (Å²) in [6.45, 7) is 0. The number of nitrogens with zero attached hydrogens (tertiary/aromatic N) is 2. The van der Waals surface area contributed by atoms with Gasteiger partial charge in [-0.3, -0.25) is 10.1 Å². The van der Waals surface area contributed by atoms with Crippen molar-refractivity contribution in [1.82, 2.24) is 4.98 Å². The van der Waals surface area contributed by atoms with Gasteiger partial charge in [-0.25, -0.2) is 4.98 Å². The Balaban J connectivity index is 2.50. The van der Waals surface area contributed by atoms with E-state index in [-0.39, 0.29) is 5.69 Å². The summed E-state index contributed by atoms with van der Waals surface area (Å²) in [5.41, 5.74) is 0.943. The SMILES string of the molecule is O=[N+]([O-])c1cccc2cc3cccc(Cl)c3nc12. The van der Waals surface area contributed by atoms with Crippen LogP contribution in [-0.4, -0.2) is 9.91 Å². The van der Waals surface area contributed by atoms with Gasteiger partial charge in [-0.2, -0.15) is 0 Å². The summed E-state index contributed by atoms with van der Waals surface area (Å²) in [5.74, 6) is 0. The maximum atomic E-state index is 11.0. The second-order valence-electron chi connectivity index (χ2n) is 3.91. The molecule has 0 saturated heterocycles. The molecule has 0 amide bonds. The van der Waals surface area contributed by atoms with E-state index in [2.05, 4.69) is 4.98 Å². The number of non-ortho nitro benzene ring substituents is 1. The Kier molecular flexibility index (Phi) is 2.38. The lowest BCUT2D eigenvalue weighted by Gasteiger charge is -2.03. The Morgan fingerprint density at radius 1 is 1.06 bits per heavy atom. The molecular formula is C13H7ClN2O2. The number of rotatable bonds is 1. The minimum absolute atomic E-state index is 0.00526. The van der Waals surface area contributed by atoms with Crippen LogP contribution in [0.15, 0.2) is 42.5 Å². The van der Waals surface area contributed by atoms with Gasteiger partial charge in [0, 0.05) is 16.8 Å². The summed E-state index contributed by atoms with van der Waals surface area (Å²) >= 11 is 6.06. The third kappa shape index (κ3) is 1.58. The van der Waals surface area contributed by atoms with Gasteiger partial charge in [0.25, 0.3) is 5.69 Å². The van der Waals surface area contributed by atoms with Crippen LogP contribution in [-0.2, 0) is 0 Å². The largest absolute Gasteiger partial charge is 0.295 e. The third-order valence-corrected chi connectivity index (χ3v) is 3.10. The molecule has 0 fully saturated rings. The molecule has 3 aromatic rings. The second-order valence-corrected chi connectivity index (χ2v) is 4.31. The number of aromatic nitrogens is 1. The van der Waals surface area contributed by atoms with Crippen molar-refractivity contribution in [2.75, 3.05) is 0 Å². The van der Waals surface area contributed by atoms with Crippen LogP contribution in [0.3, 0.4) is 0 Å². The van der Waals surface area contributed by atoms with E-state index in [0.717, 1.165) is 10.8 Å². The highest BCUT2D eigenvalue weighted by Gasteiger charge is 2.14. The lowest BCUT2D eigenvalue weighted by Crippen LogP contribution is -1.92. The molecule has 0 aliphatic heterocycles. The Labute approximate surface area is 107 Å². The molecule has 1 heterocycles. The molecule has 0 spiro atoms. The molecule has 0 bridgehead atoms. The van der Waals surface area contributed by atoms with E-state index in [0.29, 0.717) is 16.1 Å². The van der Waals surface area contributed by atoms with Crippen LogP contribution < -0.4 is 0 Å². The highest BCUT2D eigenvalue weighted by molar-refractivity contribution is 6.35. The van der Waals surface area contributed by atoms with Crippen LogP contribution in [0.4, 0.5) is 5.69 Å². The zero-order valence-corrected chi connectivity index (χ0v) is 9.89. The smallest absolute Gasteiger partial charge is 0.258 e. The Bertz CT molecular complexity index is 786. The molecule has 1 aromatic heterocycles. The van der Waals surface area contributed by atoms with Crippen molar-refractivity contribution in [1.29, 1.82) is 0 Å². The summed E-state index contributed by atoms with van der Waals surface area (Å²) in [7, 11) is 0. The van der Waals surface area contributed by atoms with E-state index in [4.69, 9.17) is 11.6 Å². The van der Waals surface area contributed by atoms with Crippen LogP contribution >= 0.6 is 11.6 Å². The highest BCUT2D eigenvalue weighted by Crippen LogP contribution is 2.29. The number of halogens is 1. The molecule has 3 rings (SSSR count). The number of benzene rings is 2. The average Bonchev–Trinajstić information content (AvgIpc) is 2.36. The maximum absolute atomic E-state index is 11.0. The number of fused-ring (bicyclic) bond motifs is 2. The summed E-state index contributed by atoms with van der Waals surface area (Å²) in [6, 6.07) is 12.2. The van der Waals surface area contributed by atoms with Gasteiger partial charge in [-0.15, -0.1) is 0 Å². The van der Waals surface area contributed by atoms with Crippen molar-refractivity contribution < 1.29 is 4.92 Å². The fourth-order valence-electron chi connectivity index (χ4n) is 1.98. The van der Waals surface area contributed by atoms with Gasteiger partial charge in [0.2, 0.25) is 0 Å². The first-order chi connectivity index (χ1) is 8.66. The minimum Gasteiger partial charge on any atom is -0.258 e. The first kappa shape index (κ1) is 10.9. The second kappa shape index (κ2) is 3.92. The first-order valence-electron chi connectivity index (χ1n) is 5.29. The van der Waals surface area contributed by atoms with E-state index in [9.17, 15) is 10.1 Å². The van der Waals surface area contributed by atoms with E-state index in [1.165, 1.54) is 6.07 Å². The number of hydrogen-bond acceptors (Lipinski definition) is 3. The van der Waals surface area contributed by atoms with Crippen LogP contribution in [0.25, 0.3) is 21.8 Å². The van der Waals surface area contributed by atoms with E-state index >= 15 is 0 Å². The lowest BCUT2D eigenvalue weighted by molar-refractivity contribution is -0.383. The van der Waals surface area contributed by atoms with E-state index in [1.54, 1.807) is 18.2 Å². The van der Waals surface area contributed by atoms with Gasteiger partial charge in [0.1, 0.15) is 5.52 Å². The predicted molar refractivity (Wildman–Crippen MR) is 70.9 cm³/mol. The zero-order chi connectivity index (χ0) is 12.7. The van der Waals surface area contributed by atoms with E-state index in [1.807, 2.05) is 18.2 Å². The molecular weight excluding hydrogens is 252 g/mol. The highest BCUT2D eigenvalue weighted by atomic mass is 35.5. The predicted octanol–water partition coefficient (Wildman–Crippen LogP) is 3.95. The standard InChI is InChI=1S/C13H7ClN2O2/c14-10-5-1-3-8-7-9-4-2-6-11(16(17)18)13(9)15-12(8)10/h1-7H. The summed E-state index contributed by atoms with van der Waals surface area (Å²) in [6.07, 6.45) is 0. The molecule has 4 nitrogen and oxygen atoms in total. The fourth-order valence-corrected chi connectivity index (χ4v) is 2.20. The van der Waals surface area contributed by atoms with Gasteiger partial charge < -0.3 is 0 Å². The van der Waals surface area contributed by atoms with Crippen molar-refractivity contribution in [3.05, 3.63) is 57.6 Å². The van der Waals surface area contributed by atoms with Crippen molar-refractivity contribution in [2.24, 2.45) is 0 Å². The Morgan fingerprint density at radius 3 is 2.44 bits per heavy atom. The van der Waals surface area contributed by atoms with Gasteiger partial charge in [0.15, 0.2) is 0 Å². The van der Waals surface area contributed by atoms with Gasteiger partial charge in [-0.05, 0) is 12.1 Å². The number of nitro benzene ring substituents is 1. The molecule has 5 heteroatoms. The first-order valence-corrected chi connectivity index (χ1v) is 5.67. The van der Waals surface area contributed by atoms with Crippen molar-refractivity contribution >= 4 is 39.1 Å². The number of para-hydroxylation sites is 2. The van der Waals surface area contributed by atoms with Crippen LogP contribution in [0, 0.1) is 10.1 Å². The van der Waals surface area contributed by atoms with Crippen LogP contribution in [0.2, 0.25) is 5.02 Å². The normalized spacial score (nSPS) is 10.9. The summed E-state index contributed by atoms with van der Waals surface area (Å²) in [5, 5.41) is 13.1. The summed E-state index contributed by atoms with van der Waals surface area (Å²) < 4.78 is 0. The quantitative estimate of drug-likeness (QED) is 0.377. The Morgan fingerprint density at radius 2 is 1.72 bits per heavy atom. The third-order valence-electron chi connectivity index (χ3n) is 2.80. The molecule has 0 saturated carbocycles. The minimum atomic E-state index is -0.433. The monoisotopic (exact) mass is 258 g/mol. The number of pyridine rings is 1. The number of hydrogen-bond donors (Lipinski definition) is 0. The molecule has 0 N–H and O–H groups in total. The van der Waals surface area contributed by atoms with Crippen LogP contribution in [0.1, 0.15) is 0 Å². The lowest BCUT2D eigenvalue weighted by atomic mass is 10.1. The Hall–Kier alpha value is -2.20. The van der Waals surface area contributed by atoms with Gasteiger partial charge >= 0.3 is 0 Å². The molecule has 0 aliphatic carbocycles. The van der Waals surface area contributed by atoms with Gasteiger partial charge in [0.05, 0.1) is 15.5 Å².